The van der Waals surface area contributed by atoms with Crippen LogP contribution in [0.5, 0.6) is 0 Å². The van der Waals surface area contributed by atoms with Crippen LogP contribution in [0, 0.1) is 0 Å². The Labute approximate surface area is 69.2 Å². The lowest BCUT2D eigenvalue weighted by Gasteiger charge is -1.96. The predicted octanol–water partition coefficient (Wildman–Crippen LogP) is 0.0178. The number of carbonyl (C=O) groups is 3. The molecule has 0 amide bonds. The molecular weight excluding hydrogens is 160 g/mol. The molecule has 0 aromatic carbocycles. The van der Waals surface area contributed by atoms with Crippen molar-refractivity contribution in [1.82, 2.24) is 0 Å². The molecule has 0 bridgehead atoms. The molecule has 0 N–H and O–H groups in total. The number of ketones is 2. The van der Waals surface area contributed by atoms with Crippen LogP contribution in [-0.2, 0) is 19.1 Å². The lowest BCUT2D eigenvalue weighted by molar-refractivity contribution is -0.140. The molecule has 4 heteroatoms. The van der Waals surface area contributed by atoms with E-state index < -0.39 is 5.97 Å². The number of hydrogen-bond acceptors (Lipinski definition) is 4. The molecule has 0 heterocycles. The van der Waals surface area contributed by atoms with E-state index in [1.54, 1.807) is 0 Å². The second kappa shape index (κ2) is 3.30. The summed E-state index contributed by atoms with van der Waals surface area (Å²) in [6.07, 6.45) is 1.01. The minimum absolute atomic E-state index is 0.0962. The first-order valence-electron chi connectivity index (χ1n) is 3.47. The minimum atomic E-state index is -0.496. The first-order valence-corrected chi connectivity index (χ1v) is 3.47. The molecule has 0 saturated carbocycles. The van der Waals surface area contributed by atoms with Crippen molar-refractivity contribution in [1.29, 1.82) is 0 Å². The Balaban J connectivity index is 2.64. The Bertz CT molecular complexity index is 275. The molecule has 0 fully saturated rings. The third-order valence-electron chi connectivity index (χ3n) is 1.59. The molecule has 0 saturated heterocycles. The van der Waals surface area contributed by atoms with Gasteiger partial charge in [0.1, 0.15) is 0 Å². The van der Waals surface area contributed by atoms with Crippen molar-refractivity contribution in [2.45, 2.75) is 12.8 Å². The van der Waals surface area contributed by atoms with E-state index in [9.17, 15) is 14.4 Å². The summed E-state index contributed by atoms with van der Waals surface area (Å²) in [5.74, 6) is -1.01. The predicted molar refractivity (Wildman–Crippen MR) is 39.3 cm³/mol. The Hall–Kier alpha value is -1.45. The number of allylic oxidation sites excluding steroid dienone is 1. The van der Waals surface area contributed by atoms with Crippen molar-refractivity contribution in [2.75, 3.05) is 7.11 Å². The Morgan fingerprint density at radius 3 is 2.67 bits per heavy atom. The van der Waals surface area contributed by atoms with Gasteiger partial charge in [-0.3, -0.25) is 14.4 Å². The largest absolute Gasteiger partial charge is 0.469 e. The molecule has 4 nitrogen and oxygen atoms in total. The van der Waals surface area contributed by atoms with Crippen molar-refractivity contribution in [3.63, 3.8) is 0 Å². The van der Waals surface area contributed by atoms with Crippen LogP contribution in [0.4, 0.5) is 0 Å². The van der Waals surface area contributed by atoms with Crippen LogP contribution in [-0.4, -0.2) is 24.6 Å². The van der Waals surface area contributed by atoms with Crippen molar-refractivity contribution >= 4 is 17.5 Å². The molecule has 12 heavy (non-hydrogen) atoms. The highest BCUT2D eigenvalue weighted by Gasteiger charge is 2.23. The summed E-state index contributed by atoms with van der Waals surface area (Å²) in [7, 11) is 1.24. The average molecular weight is 168 g/mol. The first-order chi connectivity index (χ1) is 5.63. The molecule has 0 aliphatic heterocycles. The lowest BCUT2D eigenvalue weighted by Crippen LogP contribution is -2.05. The molecule has 1 rings (SSSR count). The van der Waals surface area contributed by atoms with Gasteiger partial charge in [0.2, 0.25) is 0 Å². The second-order valence-electron chi connectivity index (χ2n) is 2.49. The van der Waals surface area contributed by atoms with E-state index in [4.69, 9.17) is 0 Å². The summed E-state index contributed by atoms with van der Waals surface area (Å²) in [5.41, 5.74) is 0.256. The van der Waals surface area contributed by atoms with Crippen LogP contribution in [0.15, 0.2) is 11.6 Å². The monoisotopic (exact) mass is 168 g/mol. The third-order valence-corrected chi connectivity index (χ3v) is 1.59. The molecule has 1 aliphatic rings. The lowest BCUT2D eigenvalue weighted by atomic mass is 10.1. The first kappa shape index (κ1) is 8.64. The number of hydrogen-bond donors (Lipinski definition) is 0. The topological polar surface area (TPSA) is 60.4 Å². The van der Waals surface area contributed by atoms with Crippen LogP contribution in [0.3, 0.4) is 0 Å². The van der Waals surface area contributed by atoms with Gasteiger partial charge in [0, 0.05) is 5.57 Å². The fourth-order valence-electron chi connectivity index (χ4n) is 0.975. The number of esters is 1. The highest BCUT2D eigenvalue weighted by Crippen LogP contribution is 2.14. The van der Waals surface area contributed by atoms with Crippen LogP contribution < -0.4 is 0 Å². The van der Waals surface area contributed by atoms with E-state index in [1.165, 1.54) is 13.2 Å². The molecular formula is C8H8O4. The van der Waals surface area contributed by atoms with Crippen LogP contribution >= 0.6 is 0 Å². The maximum absolute atomic E-state index is 10.9. The van der Waals surface area contributed by atoms with E-state index >= 15 is 0 Å². The molecule has 0 aromatic rings. The number of ether oxygens (including phenoxy) is 1. The minimum Gasteiger partial charge on any atom is -0.469 e. The zero-order chi connectivity index (χ0) is 9.14. The summed E-state index contributed by atoms with van der Waals surface area (Å²) in [6, 6.07) is 0. The summed E-state index contributed by atoms with van der Waals surface area (Å²) in [6.45, 7) is 0. The van der Waals surface area contributed by atoms with Crippen molar-refractivity contribution in [2.24, 2.45) is 0 Å². The molecule has 0 radical (unpaired) electrons. The van der Waals surface area contributed by atoms with Crippen molar-refractivity contribution < 1.29 is 19.1 Å². The fourth-order valence-corrected chi connectivity index (χ4v) is 0.975. The Morgan fingerprint density at radius 1 is 1.58 bits per heavy atom. The molecule has 0 unspecified atom stereocenters. The highest BCUT2D eigenvalue weighted by molar-refractivity contribution is 6.20. The normalized spacial score (nSPS) is 16.2. The SMILES string of the molecule is COC(=O)CC1=CC(=O)CC1=O. The van der Waals surface area contributed by atoms with E-state index in [1.807, 2.05) is 0 Å². The number of rotatable bonds is 2. The van der Waals surface area contributed by atoms with E-state index in [0.717, 1.165) is 0 Å². The van der Waals surface area contributed by atoms with Gasteiger partial charge in [0.05, 0.1) is 20.0 Å². The summed E-state index contributed by atoms with van der Waals surface area (Å²) in [4.78, 5) is 32.3. The Morgan fingerprint density at radius 2 is 2.25 bits per heavy atom. The Kier molecular flexibility index (Phi) is 2.38. The van der Waals surface area contributed by atoms with E-state index in [-0.39, 0.29) is 30.0 Å². The number of methoxy groups -OCH3 is 1. The van der Waals surface area contributed by atoms with Crippen LogP contribution in [0.1, 0.15) is 12.8 Å². The van der Waals surface area contributed by atoms with Gasteiger partial charge in [-0.25, -0.2) is 0 Å². The zero-order valence-corrected chi connectivity index (χ0v) is 6.62. The smallest absolute Gasteiger partial charge is 0.310 e. The van der Waals surface area contributed by atoms with E-state index in [0.29, 0.717) is 0 Å². The highest BCUT2D eigenvalue weighted by atomic mass is 16.5. The van der Waals surface area contributed by atoms with Gasteiger partial charge in [-0.1, -0.05) is 0 Å². The summed E-state index contributed by atoms with van der Waals surface area (Å²) < 4.78 is 4.35. The van der Waals surface area contributed by atoms with Gasteiger partial charge in [0.25, 0.3) is 0 Å². The number of carbonyl (C=O) groups excluding carboxylic acids is 3. The fraction of sp³-hybridized carbons (Fsp3) is 0.375. The molecule has 0 spiro atoms. The van der Waals surface area contributed by atoms with Crippen LogP contribution in [0.25, 0.3) is 0 Å². The van der Waals surface area contributed by atoms with E-state index in [2.05, 4.69) is 4.74 Å². The summed E-state index contributed by atoms with van der Waals surface area (Å²) >= 11 is 0. The standard InChI is InChI=1S/C8H8O4/c1-12-8(11)3-5-2-6(9)4-7(5)10/h2H,3-4H2,1H3. The second-order valence-corrected chi connectivity index (χ2v) is 2.49. The zero-order valence-electron chi connectivity index (χ0n) is 6.62. The summed E-state index contributed by atoms with van der Waals surface area (Å²) in [5, 5.41) is 0. The quantitative estimate of drug-likeness (QED) is 0.430. The molecule has 0 atom stereocenters. The van der Waals surface area contributed by atoms with Gasteiger partial charge >= 0.3 is 5.97 Å². The van der Waals surface area contributed by atoms with Gasteiger partial charge in [-0.15, -0.1) is 0 Å². The van der Waals surface area contributed by atoms with Gasteiger partial charge in [0.15, 0.2) is 11.6 Å². The molecule has 1 aliphatic carbocycles. The maximum Gasteiger partial charge on any atom is 0.310 e. The molecule has 0 aromatic heterocycles. The van der Waals surface area contributed by atoms with Gasteiger partial charge < -0.3 is 4.74 Å². The average Bonchev–Trinajstić information content (AvgIpc) is 2.30. The van der Waals surface area contributed by atoms with Crippen molar-refractivity contribution in [3.8, 4) is 0 Å². The van der Waals surface area contributed by atoms with Gasteiger partial charge in [-0.05, 0) is 6.08 Å². The third kappa shape index (κ3) is 1.78. The molecule has 64 valence electrons. The number of Topliss-reactive ketones (excluding diaryl/α,β-unsaturated/α-hetero) is 1. The van der Waals surface area contributed by atoms with Gasteiger partial charge in [-0.2, -0.15) is 0 Å². The van der Waals surface area contributed by atoms with Crippen molar-refractivity contribution in [3.05, 3.63) is 11.6 Å². The maximum atomic E-state index is 10.9. The van der Waals surface area contributed by atoms with Crippen LogP contribution in [0.2, 0.25) is 0 Å².